The lowest BCUT2D eigenvalue weighted by Gasteiger charge is -2.19. The van der Waals surface area contributed by atoms with Gasteiger partial charge >= 0.3 is 0 Å². The highest BCUT2D eigenvalue weighted by Crippen LogP contribution is 2.25. The SMILES string of the molecule is Cc1ccc(Cn2c(CC(C)(C)C)nc3ccccc32)cc1. The Morgan fingerprint density at radius 2 is 1.64 bits per heavy atom. The fraction of sp³-hybridized carbons (Fsp3) is 0.350. The molecule has 1 heterocycles. The van der Waals surface area contributed by atoms with Crippen molar-refractivity contribution >= 4 is 11.0 Å². The molecule has 0 bridgehead atoms. The van der Waals surface area contributed by atoms with Crippen LogP contribution in [0.2, 0.25) is 0 Å². The first-order valence-electron chi connectivity index (χ1n) is 7.92. The third-order valence-corrected chi connectivity index (χ3v) is 3.88. The fourth-order valence-electron chi connectivity index (χ4n) is 2.79. The topological polar surface area (TPSA) is 17.8 Å². The molecule has 0 amide bonds. The number of imidazole rings is 1. The van der Waals surface area contributed by atoms with E-state index in [1.807, 2.05) is 0 Å². The molecule has 0 N–H and O–H groups in total. The molecule has 1 aromatic heterocycles. The normalized spacial score (nSPS) is 12.0. The molecule has 114 valence electrons. The molecule has 0 aliphatic carbocycles. The van der Waals surface area contributed by atoms with Crippen molar-refractivity contribution in [1.82, 2.24) is 9.55 Å². The Balaban J connectivity index is 2.05. The van der Waals surface area contributed by atoms with E-state index in [2.05, 4.69) is 80.8 Å². The predicted octanol–water partition coefficient (Wildman–Crippen LogP) is 4.98. The van der Waals surface area contributed by atoms with Gasteiger partial charge in [0.2, 0.25) is 0 Å². The molecule has 3 rings (SSSR count). The summed E-state index contributed by atoms with van der Waals surface area (Å²) in [5.74, 6) is 1.18. The summed E-state index contributed by atoms with van der Waals surface area (Å²) in [6.45, 7) is 9.81. The molecule has 2 aromatic carbocycles. The Morgan fingerprint density at radius 3 is 2.32 bits per heavy atom. The van der Waals surface area contributed by atoms with Gasteiger partial charge in [-0.05, 0) is 30.0 Å². The Labute approximate surface area is 132 Å². The molecule has 0 atom stereocenters. The molecule has 2 heteroatoms. The lowest BCUT2D eigenvalue weighted by molar-refractivity contribution is 0.394. The Hall–Kier alpha value is -2.09. The van der Waals surface area contributed by atoms with E-state index in [1.54, 1.807) is 0 Å². The minimum atomic E-state index is 0.229. The van der Waals surface area contributed by atoms with E-state index >= 15 is 0 Å². The molecule has 0 saturated carbocycles. The quantitative estimate of drug-likeness (QED) is 0.665. The molecule has 0 aliphatic heterocycles. The predicted molar refractivity (Wildman–Crippen MR) is 93.2 cm³/mol. The summed E-state index contributed by atoms with van der Waals surface area (Å²) >= 11 is 0. The van der Waals surface area contributed by atoms with Crippen LogP contribution in [0, 0.1) is 12.3 Å². The van der Waals surface area contributed by atoms with Crippen LogP contribution < -0.4 is 0 Å². The van der Waals surface area contributed by atoms with Crippen molar-refractivity contribution in [2.75, 3.05) is 0 Å². The first-order valence-corrected chi connectivity index (χ1v) is 7.92. The van der Waals surface area contributed by atoms with E-state index in [1.165, 1.54) is 22.5 Å². The van der Waals surface area contributed by atoms with Crippen molar-refractivity contribution in [3.63, 3.8) is 0 Å². The van der Waals surface area contributed by atoms with Gasteiger partial charge < -0.3 is 4.57 Å². The molecule has 0 spiro atoms. The van der Waals surface area contributed by atoms with Crippen molar-refractivity contribution in [2.24, 2.45) is 5.41 Å². The maximum Gasteiger partial charge on any atom is 0.110 e. The van der Waals surface area contributed by atoms with E-state index in [9.17, 15) is 0 Å². The van der Waals surface area contributed by atoms with Gasteiger partial charge in [0.1, 0.15) is 5.82 Å². The molecule has 0 saturated heterocycles. The number of nitrogens with zero attached hydrogens (tertiary/aromatic N) is 2. The van der Waals surface area contributed by atoms with Crippen LogP contribution in [0.1, 0.15) is 37.7 Å². The fourth-order valence-corrected chi connectivity index (χ4v) is 2.79. The molecule has 0 radical (unpaired) electrons. The van der Waals surface area contributed by atoms with Gasteiger partial charge in [0, 0.05) is 13.0 Å². The van der Waals surface area contributed by atoms with Gasteiger partial charge in [-0.3, -0.25) is 0 Å². The monoisotopic (exact) mass is 292 g/mol. The van der Waals surface area contributed by atoms with Gasteiger partial charge in [0.15, 0.2) is 0 Å². The highest BCUT2D eigenvalue weighted by Gasteiger charge is 2.18. The zero-order valence-corrected chi connectivity index (χ0v) is 13.9. The van der Waals surface area contributed by atoms with Crippen molar-refractivity contribution in [3.05, 3.63) is 65.5 Å². The van der Waals surface area contributed by atoms with E-state index in [0.717, 1.165) is 18.5 Å². The van der Waals surface area contributed by atoms with E-state index < -0.39 is 0 Å². The smallest absolute Gasteiger partial charge is 0.110 e. The van der Waals surface area contributed by atoms with Crippen LogP contribution in [-0.4, -0.2) is 9.55 Å². The second kappa shape index (κ2) is 5.60. The van der Waals surface area contributed by atoms with Crippen LogP contribution in [-0.2, 0) is 13.0 Å². The Kier molecular flexibility index (Phi) is 3.78. The van der Waals surface area contributed by atoms with E-state index in [-0.39, 0.29) is 5.41 Å². The molecular weight excluding hydrogens is 268 g/mol. The zero-order chi connectivity index (χ0) is 15.7. The van der Waals surface area contributed by atoms with Crippen LogP contribution in [0.4, 0.5) is 0 Å². The lowest BCUT2D eigenvalue weighted by Crippen LogP contribution is -2.15. The third-order valence-electron chi connectivity index (χ3n) is 3.88. The number of aryl methyl sites for hydroxylation is 1. The maximum absolute atomic E-state index is 4.87. The molecule has 0 aliphatic rings. The number of hydrogen-bond acceptors (Lipinski definition) is 1. The number of hydrogen-bond donors (Lipinski definition) is 0. The van der Waals surface area contributed by atoms with Crippen molar-refractivity contribution in [2.45, 2.75) is 40.7 Å². The van der Waals surface area contributed by atoms with Crippen LogP contribution in [0.5, 0.6) is 0 Å². The second-order valence-corrected chi connectivity index (χ2v) is 7.33. The van der Waals surface area contributed by atoms with Crippen LogP contribution >= 0.6 is 0 Å². The van der Waals surface area contributed by atoms with Gasteiger partial charge in [-0.25, -0.2) is 4.98 Å². The highest BCUT2D eigenvalue weighted by atomic mass is 15.1. The molecule has 0 fully saturated rings. The first-order chi connectivity index (χ1) is 10.4. The molecule has 3 aromatic rings. The number of para-hydroxylation sites is 2. The van der Waals surface area contributed by atoms with Gasteiger partial charge in [0.05, 0.1) is 11.0 Å². The third kappa shape index (κ3) is 3.22. The standard InChI is InChI=1S/C20H24N2/c1-15-9-11-16(12-10-15)14-22-18-8-6-5-7-17(18)21-19(22)13-20(2,3)4/h5-12H,13-14H2,1-4H3. The number of aromatic nitrogens is 2. The van der Waals surface area contributed by atoms with Crippen molar-refractivity contribution in [1.29, 1.82) is 0 Å². The summed E-state index contributed by atoms with van der Waals surface area (Å²) in [5.41, 5.74) is 5.17. The zero-order valence-electron chi connectivity index (χ0n) is 13.9. The van der Waals surface area contributed by atoms with Crippen LogP contribution in [0.15, 0.2) is 48.5 Å². The van der Waals surface area contributed by atoms with Gasteiger partial charge in [-0.15, -0.1) is 0 Å². The summed E-state index contributed by atoms with van der Waals surface area (Å²) in [6, 6.07) is 17.2. The Morgan fingerprint density at radius 1 is 0.955 bits per heavy atom. The van der Waals surface area contributed by atoms with Crippen LogP contribution in [0.25, 0.3) is 11.0 Å². The summed E-state index contributed by atoms with van der Waals surface area (Å²) in [4.78, 5) is 4.87. The minimum absolute atomic E-state index is 0.229. The summed E-state index contributed by atoms with van der Waals surface area (Å²) in [5, 5.41) is 0. The van der Waals surface area contributed by atoms with Crippen molar-refractivity contribution < 1.29 is 0 Å². The van der Waals surface area contributed by atoms with Crippen molar-refractivity contribution in [3.8, 4) is 0 Å². The minimum Gasteiger partial charge on any atom is -0.323 e. The molecular formula is C20H24N2. The second-order valence-electron chi connectivity index (χ2n) is 7.33. The summed E-state index contributed by atoms with van der Waals surface area (Å²) < 4.78 is 2.37. The molecule has 2 nitrogen and oxygen atoms in total. The summed E-state index contributed by atoms with van der Waals surface area (Å²) in [6.07, 6.45) is 0.980. The summed E-state index contributed by atoms with van der Waals surface area (Å²) in [7, 11) is 0. The average Bonchev–Trinajstić information content (AvgIpc) is 2.77. The number of rotatable bonds is 3. The van der Waals surface area contributed by atoms with Gasteiger partial charge in [-0.1, -0.05) is 62.7 Å². The maximum atomic E-state index is 4.87. The lowest BCUT2D eigenvalue weighted by atomic mass is 9.92. The number of benzene rings is 2. The molecule has 0 unspecified atom stereocenters. The van der Waals surface area contributed by atoms with Gasteiger partial charge in [0.25, 0.3) is 0 Å². The highest BCUT2D eigenvalue weighted by molar-refractivity contribution is 5.76. The first kappa shape index (κ1) is 14.8. The largest absolute Gasteiger partial charge is 0.323 e. The average molecular weight is 292 g/mol. The molecule has 22 heavy (non-hydrogen) atoms. The number of fused-ring (bicyclic) bond motifs is 1. The van der Waals surface area contributed by atoms with Crippen LogP contribution in [0.3, 0.4) is 0 Å². The van der Waals surface area contributed by atoms with E-state index in [4.69, 9.17) is 4.98 Å². The van der Waals surface area contributed by atoms with Gasteiger partial charge in [-0.2, -0.15) is 0 Å². The van der Waals surface area contributed by atoms with E-state index in [0.29, 0.717) is 0 Å². The Bertz CT molecular complexity index is 774.